The van der Waals surface area contributed by atoms with E-state index in [-0.39, 0.29) is 26.3 Å². The lowest BCUT2D eigenvalue weighted by Crippen LogP contribution is -2.35. The number of sulfonamides is 1. The van der Waals surface area contributed by atoms with E-state index in [1.165, 1.54) is 28.7 Å². The van der Waals surface area contributed by atoms with Crippen molar-refractivity contribution in [1.82, 2.24) is 9.29 Å². The number of rotatable bonds is 6. The number of esters is 1. The van der Waals surface area contributed by atoms with Gasteiger partial charge in [0.2, 0.25) is 10.0 Å². The van der Waals surface area contributed by atoms with E-state index in [0.717, 1.165) is 19.3 Å². The zero-order chi connectivity index (χ0) is 21.7. The molecule has 0 unspecified atom stereocenters. The zero-order valence-corrected chi connectivity index (χ0v) is 18.1. The average molecular weight is 472 g/mol. The Balaban J connectivity index is 1.68. The summed E-state index contributed by atoms with van der Waals surface area (Å²) in [6, 6.07) is 6.97. The summed E-state index contributed by atoms with van der Waals surface area (Å²) in [6.07, 6.45) is 3.98. The van der Waals surface area contributed by atoms with Crippen LogP contribution in [0.25, 0.3) is 0 Å². The maximum atomic E-state index is 12.9. The number of benzene rings is 1. The first-order valence-electron chi connectivity index (χ1n) is 9.16. The van der Waals surface area contributed by atoms with Gasteiger partial charge >= 0.3 is 5.97 Å². The van der Waals surface area contributed by atoms with Crippen LogP contribution in [0.3, 0.4) is 0 Å². The normalized spacial score (nSPS) is 14.9. The van der Waals surface area contributed by atoms with Crippen molar-refractivity contribution in [2.24, 2.45) is 0 Å². The molecule has 3 rings (SSSR count). The van der Waals surface area contributed by atoms with E-state index < -0.39 is 28.5 Å². The second-order valence-electron chi connectivity index (χ2n) is 6.58. The smallest absolute Gasteiger partial charge is 0.338 e. The first-order valence-corrected chi connectivity index (χ1v) is 11.4. The number of ether oxygens (including phenoxy) is 1. The van der Waals surface area contributed by atoms with Crippen LogP contribution in [-0.4, -0.2) is 49.3 Å². The highest BCUT2D eigenvalue weighted by Crippen LogP contribution is 2.28. The van der Waals surface area contributed by atoms with Crippen molar-refractivity contribution < 1.29 is 22.7 Å². The summed E-state index contributed by atoms with van der Waals surface area (Å²) in [4.78, 5) is 28.0. The number of pyridine rings is 1. The van der Waals surface area contributed by atoms with Crippen molar-refractivity contribution in [2.45, 2.75) is 24.2 Å². The van der Waals surface area contributed by atoms with Crippen LogP contribution in [0.2, 0.25) is 10.2 Å². The fourth-order valence-electron chi connectivity index (χ4n) is 2.95. The van der Waals surface area contributed by atoms with E-state index in [0.29, 0.717) is 13.1 Å². The van der Waals surface area contributed by atoms with Crippen molar-refractivity contribution in [1.29, 1.82) is 0 Å². The number of carbonyl (C=O) groups is 2. The van der Waals surface area contributed by atoms with Crippen LogP contribution >= 0.6 is 23.2 Å². The van der Waals surface area contributed by atoms with E-state index in [4.69, 9.17) is 27.9 Å². The summed E-state index contributed by atoms with van der Waals surface area (Å²) in [6.45, 7) is 0.232. The molecule has 0 saturated carbocycles. The van der Waals surface area contributed by atoms with E-state index >= 15 is 0 Å². The van der Waals surface area contributed by atoms with E-state index in [1.54, 1.807) is 12.1 Å². The molecule has 0 aliphatic carbocycles. The maximum absolute atomic E-state index is 12.9. The summed E-state index contributed by atoms with van der Waals surface area (Å²) < 4.78 is 32.1. The molecule has 11 heteroatoms. The molecule has 0 spiro atoms. The molecule has 8 nitrogen and oxygen atoms in total. The Labute approximate surface area is 184 Å². The Kier molecular flexibility index (Phi) is 7.30. The largest absolute Gasteiger partial charge is 0.452 e. The number of piperidine rings is 1. The molecule has 0 radical (unpaired) electrons. The standard InChI is InChI=1S/C19H19Cl2N3O5S/c20-14-7-6-13(11-16(14)30(27,28)24-9-2-1-3-10-24)19(26)29-12-17(25)23-15-5-4-8-22-18(15)21/h4-8,11H,1-3,9-10,12H2,(H,23,25). The summed E-state index contributed by atoms with van der Waals surface area (Å²) >= 11 is 12.0. The first kappa shape index (κ1) is 22.5. The van der Waals surface area contributed by atoms with Crippen molar-refractivity contribution >= 4 is 50.8 Å². The summed E-state index contributed by atoms with van der Waals surface area (Å²) in [5.74, 6) is -1.47. The van der Waals surface area contributed by atoms with E-state index in [9.17, 15) is 18.0 Å². The predicted molar refractivity (Wildman–Crippen MR) is 112 cm³/mol. The van der Waals surface area contributed by atoms with Gasteiger partial charge in [-0.05, 0) is 43.2 Å². The topological polar surface area (TPSA) is 106 Å². The minimum atomic E-state index is -3.83. The highest BCUT2D eigenvalue weighted by atomic mass is 35.5. The first-order chi connectivity index (χ1) is 14.3. The van der Waals surface area contributed by atoms with Crippen molar-refractivity contribution in [3.63, 3.8) is 0 Å². The third-order valence-corrected chi connectivity index (χ3v) is 7.15. The Morgan fingerprint density at radius 3 is 2.57 bits per heavy atom. The Bertz CT molecular complexity index is 1060. The molecule has 0 bridgehead atoms. The molecule has 2 aromatic rings. The molecule has 1 saturated heterocycles. The van der Waals surface area contributed by atoms with Crippen LogP contribution < -0.4 is 5.32 Å². The van der Waals surface area contributed by atoms with Gasteiger partial charge in [-0.3, -0.25) is 4.79 Å². The van der Waals surface area contributed by atoms with Gasteiger partial charge in [-0.1, -0.05) is 29.6 Å². The van der Waals surface area contributed by atoms with Gasteiger partial charge in [0.15, 0.2) is 11.8 Å². The number of aromatic nitrogens is 1. The van der Waals surface area contributed by atoms with Crippen LogP contribution in [0, 0.1) is 0 Å². The molecule has 160 valence electrons. The van der Waals surface area contributed by atoms with Gasteiger partial charge in [-0.2, -0.15) is 4.31 Å². The molecule has 1 aliphatic heterocycles. The number of nitrogens with zero attached hydrogens (tertiary/aromatic N) is 2. The molecule has 1 N–H and O–H groups in total. The minimum absolute atomic E-state index is 0.0149. The third-order valence-electron chi connectivity index (χ3n) is 4.47. The van der Waals surface area contributed by atoms with Crippen LogP contribution in [0.4, 0.5) is 5.69 Å². The highest BCUT2D eigenvalue weighted by molar-refractivity contribution is 7.89. The third kappa shape index (κ3) is 5.28. The van der Waals surface area contributed by atoms with Crippen molar-refractivity contribution in [2.75, 3.05) is 25.0 Å². The second kappa shape index (κ2) is 9.74. The van der Waals surface area contributed by atoms with Gasteiger partial charge in [-0.25, -0.2) is 18.2 Å². The molecule has 0 atom stereocenters. The lowest BCUT2D eigenvalue weighted by Gasteiger charge is -2.26. The van der Waals surface area contributed by atoms with Crippen molar-refractivity contribution in [3.8, 4) is 0 Å². The summed E-state index contributed by atoms with van der Waals surface area (Å²) in [7, 11) is -3.83. The SMILES string of the molecule is O=C(COC(=O)c1ccc(Cl)c(S(=O)(=O)N2CCCCC2)c1)Nc1cccnc1Cl. The molecule has 1 aromatic heterocycles. The maximum Gasteiger partial charge on any atom is 0.338 e. The van der Waals surface area contributed by atoms with E-state index in [2.05, 4.69) is 10.3 Å². The van der Waals surface area contributed by atoms with Crippen LogP contribution in [0.1, 0.15) is 29.6 Å². The molecule has 2 heterocycles. The quantitative estimate of drug-likeness (QED) is 0.511. The van der Waals surface area contributed by atoms with Crippen LogP contribution in [0.5, 0.6) is 0 Å². The molecule has 1 fully saturated rings. The Morgan fingerprint density at radius 1 is 1.13 bits per heavy atom. The fraction of sp³-hybridized carbons (Fsp3) is 0.316. The summed E-state index contributed by atoms with van der Waals surface area (Å²) in [5.41, 5.74) is 0.254. The molecule has 1 aliphatic rings. The number of carbonyl (C=O) groups excluding carboxylic acids is 2. The lowest BCUT2D eigenvalue weighted by molar-refractivity contribution is -0.119. The molecule has 30 heavy (non-hydrogen) atoms. The zero-order valence-electron chi connectivity index (χ0n) is 15.8. The lowest BCUT2D eigenvalue weighted by atomic mass is 10.2. The predicted octanol–water partition coefficient (Wildman–Crippen LogP) is 3.36. The van der Waals surface area contributed by atoms with E-state index in [1.807, 2.05) is 0 Å². The molecular formula is C19H19Cl2N3O5S. The molecular weight excluding hydrogens is 453 g/mol. The fourth-order valence-corrected chi connectivity index (χ4v) is 5.14. The number of amides is 1. The Hall–Kier alpha value is -2.20. The van der Waals surface area contributed by atoms with Gasteiger partial charge in [0.1, 0.15) is 4.90 Å². The highest BCUT2D eigenvalue weighted by Gasteiger charge is 2.29. The summed E-state index contributed by atoms with van der Waals surface area (Å²) in [5, 5.41) is 2.58. The second-order valence-corrected chi connectivity index (χ2v) is 9.25. The number of hydrogen-bond donors (Lipinski definition) is 1. The number of hydrogen-bond acceptors (Lipinski definition) is 6. The van der Waals surface area contributed by atoms with Crippen LogP contribution in [0.15, 0.2) is 41.4 Å². The number of anilines is 1. The monoisotopic (exact) mass is 471 g/mol. The van der Waals surface area contributed by atoms with Gasteiger partial charge in [0.05, 0.1) is 16.3 Å². The van der Waals surface area contributed by atoms with Gasteiger partial charge in [0, 0.05) is 19.3 Å². The average Bonchev–Trinajstić information content (AvgIpc) is 2.74. The molecule has 1 aromatic carbocycles. The van der Waals surface area contributed by atoms with Crippen molar-refractivity contribution in [3.05, 3.63) is 52.3 Å². The van der Waals surface area contributed by atoms with Gasteiger partial charge < -0.3 is 10.1 Å². The number of nitrogens with one attached hydrogen (secondary N) is 1. The Morgan fingerprint density at radius 2 is 1.87 bits per heavy atom. The number of halogens is 2. The minimum Gasteiger partial charge on any atom is -0.452 e. The molecule has 1 amide bonds. The van der Waals surface area contributed by atoms with Gasteiger partial charge in [-0.15, -0.1) is 0 Å². The van der Waals surface area contributed by atoms with Crippen LogP contribution in [-0.2, 0) is 19.6 Å². The van der Waals surface area contributed by atoms with Gasteiger partial charge in [0.25, 0.3) is 5.91 Å².